The molecule has 1 unspecified atom stereocenters. The smallest absolute Gasteiger partial charge is 0.407 e. The molecule has 0 aliphatic rings. The summed E-state index contributed by atoms with van der Waals surface area (Å²) >= 11 is 0. The van der Waals surface area contributed by atoms with E-state index in [2.05, 4.69) is 10.6 Å². The number of hydrogen-bond donors (Lipinski definition) is 3. The zero-order valence-corrected chi connectivity index (χ0v) is 10.9. The minimum absolute atomic E-state index is 0.159. The van der Waals surface area contributed by atoms with Gasteiger partial charge in [-0.2, -0.15) is 0 Å². The summed E-state index contributed by atoms with van der Waals surface area (Å²) in [5.41, 5.74) is -0.543. The Morgan fingerprint density at radius 2 is 1.88 bits per heavy atom. The Morgan fingerprint density at radius 3 is 2.35 bits per heavy atom. The van der Waals surface area contributed by atoms with Crippen molar-refractivity contribution in [3.8, 4) is 0 Å². The summed E-state index contributed by atoms with van der Waals surface area (Å²) in [6, 6.07) is 0. The Labute approximate surface area is 102 Å². The molecule has 100 valence electrons. The number of aliphatic hydroxyl groups excluding tert-OH is 1. The molecule has 0 aromatic carbocycles. The third kappa shape index (κ3) is 11.0. The van der Waals surface area contributed by atoms with Gasteiger partial charge in [-0.05, 0) is 27.7 Å². The molecule has 0 aliphatic carbocycles. The molecule has 0 saturated carbocycles. The molecule has 3 N–H and O–H groups in total. The van der Waals surface area contributed by atoms with Crippen LogP contribution in [0.25, 0.3) is 0 Å². The minimum atomic E-state index is -0.572. The van der Waals surface area contributed by atoms with Crippen molar-refractivity contribution in [1.82, 2.24) is 10.6 Å². The van der Waals surface area contributed by atoms with Crippen LogP contribution >= 0.6 is 0 Å². The van der Waals surface area contributed by atoms with Crippen LogP contribution in [0.15, 0.2) is 0 Å². The standard InChI is InChI=1S/C11H22N2O4/c1-8(14)7-13-9(15)5-6-12-10(16)17-11(2,3)4/h8,14H,5-7H2,1-4H3,(H,12,16)(H,13,15). The van der Waals surface area contributed by atoms with E-state index in [0.29, 0.717) is 0 Å². The van der Waals surface area contributed by atoms with E-state index in [0.717, 1.165) is 0 Å². The van der Waals surface area contributed by atoms with E-state index < -0.39 is 17.8 Å². The highest BCUT2D eigenvalue weighted by Gasteiger charge is 2.15. The van der Waals surface area contributed by atoms with E-state index >= 15 is 0 Å². The molecule has 17 heavy (non-hydrogen) atoms. The van der Waals surface area contributed by atoms with Crippen LogP contribution in [0.5, 0.6) is 0 Å². The maximum absolute atomic E-state index is 11.2. The van der Waals surface area contributed by atoms with Gasteiger partial charge in [0.05, 0.1) is 6.10 Å². The van der Waals surface area contributed by atoms with Crippen molar-refractivity contribution in [2.24, 2.45) is 0 Å². The lowest BCUT2D eigenvalue weighted by Crippen LogP contribution is -2.36. The molecule has 6 nitrogen and oxygen atoms in total. The first-order valence-electron chi connectivity index (χ1n) is 5.62. The molecule has 0 radical (unpaired) electrons. The number of carbonyl (C=O) groups is 2. The normalized spacial score (nSPS) is 12.8. The molecule has 0 fully saturated rings. The van der Waals surface area contributed by atoms with Gasteiger partial charge in [-0.25, -0.2) is 4.79 Å². The first-order chi connectivity index (χ1) is 7.70. The van der Waals surface area contributed by atoms with Gasteiger partial charge in [-0.3, -0.25) is 4.79 Å². The Morgan fingerprint density at radius 1 is 1.29 bits per heavy atom. The Hall–Kier alpha value is -1.30. The quantitative estimate of drug-likeness (QED) is 0.655. The molecule has 0 saturated heterocycles. The molecule has 6 heteroatoms. The fourth-order valence-corrected chi connectivity index (χ4v) is 0.942. The Balaban J connectivity index is 3.63. The predicted molar refractivity (Wildman–Crippen MR) is 63.5 cm³/mol. The number of alkyl carbamates (subject to hydrolysis) is 1. The van der Waals surface area contributed by atoms with Crippen molar-refractivity contribution in [2.45, 2.75) is 45.8 Å². The van der Waals surface area contributed by atoms with Crippen molar-refractivity contribution in [3.63, 3.8) is 0 Å². The van der Waals surface area contributed by atoms with Crippen LogP contribution in [0.4, 0.5) is 4.79 Å². The summed E-state index contributed by atoms with van der Waals surface area (Å²) in [5, 5.41) is 13.9. The highest BCUT2D eigenvalue weighted by molar-refractivity contribution is 5.77. The van der Waals surface area contributed by atoms with Crippen LogP contribution in [0.1, 0.15) is 34.1 Å². The topological polar surface area (TPSA) is 87.7 Å². The summed E-state index contributed by atoms with van der Waals surface area (Å²) in [6.07, 6.45) is -0.954. The highest BCUT2D eigenvalue weighted by atomic mass is 16.6. The lowest BCUT2D eigenvalue weighted by atomic mass is 10.2. The van der Waals surface area contributed by atoms with Crippen LogP contribution in [-0.2, 0) is 9.53 Å². The maximum atomic E-state index is 11.2. The van der Waals surface area contributed by atoms with Gasteiger partial charge in [0.2, 0.25) is 5.91 Å². The number of hydrogen-bond acceptors (Lipinski definition) is 4. The number of carbonyl (C=O) groups excluding carboxylic acids is 2. The molecule has 0 aromatic heterocycles. The molecule has 0 bridgehead atoms. The van der Waals surface area contributed by atoms with Crippen LogP contribution in [0, 0.1) is 0 Å². The molecule has 0 spiro atoms. The van der Waals surface area contributed by atoms with Gasteiger partial charge < -0.3 is 20.5 Å². The molecule has 0 heterocycles. The number of rotatable bonds is 5. The van der Waals surface area contributed by atoms with Gasteiger partial charge in [-0.1, -0.05) is 0 Å². The van der Waals surface area contributed by atoms with E-state index in [9.17, 15) is 9.59 Å². The summed E-state index contributed by atoms with van der Waals surface area (Å²) in [7, 11) is 0. The molecular weight excluding hydrogens is 224 g/mol. The van der Waals surface area contributed by atoms with Gasteiger partial charge in [0.25, 0.3) is 0 Å². The average Bonchev–Trinajstić information content (AvgIpc) is 2.11. The fourth-order valence-electron chi connectivity index (χ4n) is 0.942. The van der Waals surface area contributed by atoms with E-state index in [1.54, 1.807) is 27.7 Å². The van der Waals surface area contributed by atoms with E-state index in [-0.39, 0.29) is 25.4 Å². The summed E-state index contributed by atoms with van der Waals surface area (Å²) in [5.74, 6) is -0.220. The van der Waals surface area contributed by atoms with Crippen molar-refractivity contribution in [3.05, 3.63) is 0 Å². The molecule has 1 atom stereocenters. The molecule has 0 rings (SSSR count). The fraction of sp³-hybridized carbons (Fsp3) is 0.818. The van der Waals surface area contributed by atoms with Gasteiger partial charge in [0.1, 0.15) is 5.60 Å². The Bertz CT molecular complexity index is 259. The SMILES string of the molecule is CC(O)CNC(=O)CCNC(=O)OC(C)(C)C. The van der Waals surface area contributed by atoms with E-state index in [1.165, 1.54) is 0 Å². The lowest BCUT2D eigenvalue weighted by Gasteiger charge is -2.19. The molecule has 0 aromatic rings. The van der Waals surface area contributed by atoms with Gasteiger partial charge in [0, 0.05) is 19.5 Å². The molecule has 2 amide bonds. The Kier molecular flexibility index (Phi) is 6.57. The van der Waals surface area contributed by atoms with Crippen molar-refractivity contribution in [2.75, 3.05) is 13.1 Å². The third-order valence-electron chi connectivity index (χ3n) is 1.61. The monoisotopic (exact) mass is 246 g/mol. The zero-order valence-electron chi connectivity index (χ0n) is 10.9. The van der Waals surface area contributed by atoms with Crippen LogP contribution in [0.2, 0.25) is 0 Å². The van der Waals surface area contributed by atoms with Crippen molar-refractivity contribution >= 4 is 12.0 Å². The van der Waals surface area contributed by atoms with E-state index in [4.69, 9.17) is 9.84 Å². The van der Waals surface area contributed by atoms with Gasteiger partial charge in [-0.15, -0.1) is 0 Å². The average molecular weight is 246 g/mol. The highest BCUT2D eigenvalue weighted by Crippen LogP contribution is 2.06. The van der Waals surface area contributed by atoms with Crippen LogP contribution in [-0.4, -0.2) is 41.9 Å². The zero-order chi connectivity index (χ0) is 13.5. The number of ether oxygens (including phenoxy) is 1. The van der Waals surface area contributed by atoms with E-state index in [1.807, 2.05) is 0 Å². The van der Waals surface area contributed by atoms with Crippen LogP contribution in [0.3, 0.4) is 0 Å². The van der Waals surface area contributed by atoms with Gasteiger partial charge >= 0.3 is 6.09 Å². The second-order valence-corrected chi connectivity index (χ2v) is 4.83. The largest absolute Gasteiger partial charge is 0.444 e. The summed E-state index contributed by atoms with van der Waals surface area (Å²) in [4.78, 5) is 22.4. The number of nitrogens with one attached hydrogen (secondary N) is 2. The molecular formula is C11H22N2O4. The second-order valence-electron chi connectivity index (χ2n) is 4.83. The third-order valence-corrected chi connectivity index (χ3v) is 1.61. The maximum Gasteiger partial charge on any atom is 0.407 e. The van der Waals surface area contributed by atoms with Gasteiger partial charge in [0.15, 0.2) is 0 Å². The first-order valence-corrected chi connectivity index (χ1v) is 5.62. The predicted octanol–water partition coefficient (Wildman–Crippen LogP) is 0.398. The number of amides is 2. The number of aliphatic hydroxyl groups is 1. The minimum Gasteiger partial charge on any atom is -0.444 e. The lowest BCUT2D eigenvalue weighted by molar-refractivity contribution is -0.121. The summed E-state index contributed by atoms with van der Waals surface area (Å²) in [6.45, 7) is 7.30. The van der Waals surface area contributed by atoms with Crippen molar-refractivity contribution < 1.29 is 19.4 Å². The van der Waals surface area contributed by atoms with Crippen molar-refractivity contribution in [1.29, 1.82) is 0 Å². The first kappa shape index (κ1) is 15.7. The molecule has 0 aliphatic heterocycles. The van der Waals surface area contributed by atoms with Crippen LogP contribution < -0.4 is 10.6 Å². The second kappa shape index (κ2) is 7.11. The summed E-state index contributed by atoms with van der Waals surface area (Å²) < 4.78 is 5.00.